The molecule has 0 atom stereocenters. The normalized spacial score (nSPS) is 13.3. The summed E-state index contributed by atoms with van der Waals surface area (Å²) in [6, 6.07) is 9.98. The molecule has 4 nitrogen and oxygen atoms in total. The zero-order chi connectivity index (χ0) is 15.6. The first-order valence-electron chi connectivity index (χ1n) is 7.31. The van der Waals surface area contributed by atoms with E-state index in [9.17, 15) is 0 Å². The summed E-state index contributed by atoms with van der Waals surface area (Å²) in [6.07, 6.45) is 0. The second-order valence-corrected chi connectivity index (χ2v) is 7.06. The number of nitrogens with zero attached hydrogens (tertiary/aromatic N) is 1. The summed E-state index contributed by atoms with van der Waals surface area (Å²) in [6.45, 7) is 3.17. The monoisotopic (exact) mass is 345 g/mol. The molecule has 0 amide bonds. The molecule has 4 rings (SSSR count). The minimum Gasteiger partial charge on any atom is -0.486 e. The molecule has 0 spiro atoms. The van der Waals surface area contributed by atoms with Crippen LogP contribution in [0.2, 0.25) is 0 Å². The van der Waals surface area contributed by atoms with Crippen molar-refractivity contribution in [2.24, 2.45) is 0 Å². The van der Waals surface area contributed by atoms with Crippen LogP contribution in [0.5, 0.6) is 11.5 Å². The Balaban J connectivity index is 1.44. The Morgan fingerprint density at radius 2 is 2.00 bits per heavy atom. The van der Waals surface area contributed by atoms with Crippen molar-refractivity contribution in [3.63, 3.8) is 0 Å². The lowest BCUT2D eigenvalue weighted by Crippen LogP contribution is -2.15. The maximum Gasteiger partial charge on any atom is 0.162 e. The number of aryl methyl sites for hydroxylation is 1. The Bertz CT molecular complexity index is 825. The quantitative estimate of drug-likeness (QED) is 0.637. The maximum atomic E-state index is 5.62. The van der Waals surface area contributed by atoms with Crippen LogP contribution in [0.15, 0.2) is 45.0 Å². The number of thioether (sulfide) groups is 1. The molecule has 0 saturated carbocycles. The van der Waals surface area contributed by atoms with Gasteiger partial charge in [0, 0.05) is 16.0 Å². The first-order chi connectivity index (χ1) is 11.3. The van der Waals surface area contributed by atoms with E-state index in [1.165, 1.54) is 0 Å². The van der Waals surface area contributed by atoms with Gasteiger partial charge in [-0.1, -0.05) is 0 Å². The lowest BCUT2D eigenvalue weighted by atomic mass is 10.3. The molecule has 3 heterocycles. The number of rotatable bonds is 4. The summed E-state index contributed by atoms with van der Waals surface area (Å²) >= 11 is 3.35. The van der Waals surface area contributed by atoms with Gasteiger partial charge >= 0.3 is 0 Å². The van der Waals surface area contributed by atoms with E-state index in [4.69, 9.17) is 13.9 Å². The average molecular weight is 345 g/mol. The van der Waals surface area contributed by atoms with Crippen molar-refractivity contribution in [3.05, 3.63) is 47.2 Å². The van der Waals surface area contributed by atoms with Crippen molar-refractivity contribution in [1.29, 1.82) is 0 Å². The van der Waals surface area contributed by atoms with Gasteiger partial charge in [0.1, 0.15) is 19.0 Å². The summed E-state index contributed by atoms with van der Waals surface area (Å²) in [7, 11) is 0. The number of benzene rings is 1. The minimum atomic E-state index is 0.610. The number of furan rings is 1. The first-order valence-corrected chi connectivity index (χ1v) is 9.18. The molecule has 1 aliphatic rings. The van der Waals surface area contributed by atoms with E-state index in [1.807, 2.05) is 31.2 Å². The van der Waals surface area contributed by atoms with Gasteiger partial charge in [-0.2, -0.15) is 0 Å². The molecule has 1 aromatic carbocycles. The molecule has 0 radical (unpaired) electrons. The number of thiazole rings is 1. The van der Waals surface area contributed by atoms with Crippen LogP contribution in [0, 0.1) is 6.92 Å². The zero-order valence-electron chi connectivity index (χ0n) is 12.6. The molecule has 2 aromatic heterocycles. The fourth-order valence-corrected chi connectivity index (χ4v) is 4.01. The Labute approximate surface area is 142 Å². The Kier molecular flexibility index (Phi) is 4.01. The molecule has 0 bridgehead atoms. The summed E-state index contributed by atoms with van der Waals surface area (Å²) in [5.74, 6) is 4.21. The van der Waals surface area contributed by atoms with E-state index < -0.39 is 0 Å². The van der Waals surface area contributed by atoms with E-state index in [1.54, 1.807) is 23.1 Å². The van der Waals surface area contributed by atoms with Crippen LogP contribution in [-0.2, 0) is 5.75 Å². The van der Waals surface area contributed by atoms with Crippen molar-refractivity contribution < 1.29 is 13.9 Å². The molecule has 0 unspecified atom stereocenters. The second kappa shape index (κ2) is 6.29. The SMILES string of the molecule is Cc1ccc(-c2nc(CSc3ccc4c(c3)OCCO4)cs2)o1. The summed E-state index contributed by atoms with van der Waals surface area (Å²) in [5.41, 5.74) is 1.05. The standard InChI is InChI=1S/C17H15NO3S2/c1-11-2-4-15(21-11)17-18-12(10-23-17)9-22-13-3-5-14-16(8-13)20-7-6-19-14/h2-5,8,10H,6-7,9H2,1H3. The van der Waals surface area contributed by atoms with Crippen molar-refractivity contribution in [1.82, 2.24) is 4.98 Å². The lowest BCUT2D eigenvalue weighted by Gasteiger charge is -2.18. The molecule has 118 valence electrons. The Morgan fingerprint density at radius 3 is 2.83 bits per heavy atom. The molecular weight excluding hydrogens is 330 g/mol. The topological polar surface area (TPSA) is 44.5 Å². The van der Waals surface area contributed by atoms with Gasteiger partial charge in [-0.15, -0.1) is 23.1 Å². The molecule has 1 aliphatic heterocycles. The fraction of sp³-hybridized carbons (Fsp3) is 0.235. The number of hydrogen-bond acceptors (Lipinski definition) is 6. The van der Waals surface area contributed by atoms with E-state index >= 15 is 0 Å². The molecular formula is C17H15NO3S2. The van der Waals surface area contributed by atoms with Crippen molar-refractivity contribution in [3.8, 4) is 22.3 Å². The van der Waals surface area contributed by atoms with Crippen molar-refractivity contribution >= 4 is 23.1 Å². The van der Waals surface area contributed by atoms with Crippen LogP contribution in [0.25, 0.3) is 10.8 Å². The highest BCUT2D eigenvalue weighted by atomic mass is 32.2. The van der Waals surface area contributed by atoms with Crippen LogP contribution >= 0.6 is 23.1 Å². The van der Waals surface area contributed by atoms with E-state index in [0.29, 0.717) is 13.2 Å². The van der Waals surface area contributed by atoms with E-state index in [2.05, 4.69) is 16.4 Å². The third kappa shape index (κ3) is 3.23. The Hall–Kier alpha value is -1.92. The third-order valence-electron chi connectivity index (χ3n) is 3.40. The number of fused-ring (bicyclic) bond motifs is 1. The van der Waals surface area contributed by atoms with Gasteiger partial charge in [0.2, 0.25) is 0 Å². The first kappa shape index (κ1) is 14.7. The third-order valence-corrected chi connectivity index (χ3v) is 5.34. The predicted octanol–water partition coefficient (Wildman–Crippen LogP) is 4.78. The van der Waals surface area contributed by atoms with Crippen LogP contribution < -0.4 is 9.47 Å². The smallest absolute Gasteiger partial charge is 0.162 e. The van der Waals surface area contributed by atoms with Gasteiger partial charge in [-0.3, -0.25) is 0 Å². The fourth-order valence-electron chi connectivity index (χ4n) is 2.31. The largest absolute Gasteiger partial charge is 0.486 e. The van der Waals surface area contributed by atoms with Crippen LogP contribution in [0.3, 0.4) is 0 Å². The van der Waals surface area contributed by atoms with Crippen LogP contribution in [-0.4, -0.2) is 18.2 Å². The average Bonchev–Trinajstić information content (AvgIpc) is 3.21. The van der Waals surface area contributed by atoms with E-state index in [-0.39, 0.29) is 0 Å². The minimum absolute atomic E-state index is 0.610. The highest BCUT2D eigenvalue weighted by Crippen LogP contribution is 2.35. The summed E-state index contributed by atoms with van der Waals surface area (Å²) < 4.78 is 16.8. The lowest BCUT2D eigenvalue weighted by molar-refractivity contribution is 0.171. The number of ether oxygens (including phenoxy) is 2. The van der Waals surface area contributed by atoms with Gasteiger partial charge < -0.3 is 13.9 Å². The van der Waals surface area contributed by atoms with Gasteiger partial charge in [-0.05, 0) is 37.3 Å². The molecule has 0 fully saturated rings. The number of aromatic nitrogens is 1. The Morgan fingerprint density at radius 1 is 1.13 bits per heavy atom. The molecule has 6 heteroatoms. The molecule has 0 N–H and O–H groups in total. The zero-order valence-corrected chi connectivity index (χ0v) is 14.2. The maximum absolute atomic E-state index is 5.62. The van der Waals surface area contributed by atoms with Gasteiger partial charge in [-0.25, -0.2) is 4.98 Å². The molecule has 23 heavy (non-hydrogen) atoms. The van der Waals surface area contributed by atoms with Crippen LogP contribution in [0.4, 0.5) is 0 Å². The molecule has 0 aliphatic carbocycles. The highest BCUT2D eigenvalue weighted by Gasteiger charge is 2.13. The second-order valence-electron chi connectivity index (χ2n) is 5.15. The van der Waals surface area contributed by atoms with Gasteiger partial charge in [0.05, 0.1) is 5.69 Å². The highest BCUT2D eigenvalue weighted by molar-refractivity contribution is 7.98. The number of hydrogen-bond donors (Lipinski definition) is 0. The van der Waals surface area contributed by atoms with Gasteiger partial charge in [0.25, 0.3) is 0 Å². The van der Waals surface area contributed by atoms with Crippen LogP contribution in [0.1, 0.15) is 11.5 Å². The summed E-state index contributed by atoms with van der Waals surface area (Å²) in [5, 5.41) is 3.01. The van der Waals surface area contributed by atoms with Gasteiger partial charge in [0.15, 0.2) is 22.3 Å². The van der Waals surface area contributed by atoms with Crippen molar-refractivity contribution in [2.75, 3.05) is 13.2 Å². The molecule has 3 aromatic rings. The van der Waals surface area contributed by atoms with E-state index in [0.717, 1.165) is 44.4 Å². The van der Waals surface area contributed by atoms with Crippen molar-refractivity contribution in [2.45, 2.75) is 17.6 Å². The predicted molar refractivity (Wildman–Crippen MR) is 91.5 cm³/mol. The molecule has 0 saturated heterocycles. The summed E-state index contributed by atoms with van der Waals surface area (Å²) in [4.78, 5) is 5.79.